The van der Waals surface area contributed by atoms with E-state index in [1.54, 1.807) is 12.1 Å². The summed E-state index contributed by atoms with van der Waals surface area (Å²) >= 11 is 0. The Morgan fingerprint density at radius 2 is 2.00 bits per heavy atom. The Hall–Kier alpha value is -1.55. The smallest absolute Gasteiger partial charge is 0.260 e. The lowest BCUT2D eigenvalue weighted by molar-refractivity contribution is -0.136. The first-order chi connectivity index (χ1) is 10.3. The van der Waals surface area contributed by atoms with Crippen molar-refractivity contribution >= 4 is 5.91 Å². The molecule has 4 heteroatoms. The molecule has 1 N–H and O–H groups in total. The van der Waals surface area contributed by atoms with Crippen molar-refractivity contribution in [2.24, 2.45) is 0 Å². The molecule has 0 bridgehead atoms. The van der Waals surface area contributed by atoms with Crippen LogP contribution in [0.4, 0.5) is 0 Å². The summed E-state index contributed by atoms with van der Waals surface area (Å²) in [5.41, 5.74) is 0.714. The summed E-state index contributed by atoms with van der Waals surface area (Å²) in [6.07, 6.45) is 5.91. The van der Waals surface area contributed by atoms with E-state index in [2.05, 4.69) is 0 Å². The van der Waals surface area contributed by atoms with Gasteiger partial charge < -0.3 is 14.7 Å². The van der Waals surface area contributed by atoms with Crippen LogP contribution in [-0.2, 0) is 11.4 Å². The highest BCUT2D eigenvalue weighted by atomic mass is 16.5. The van der Waals surface area contributed by atoms with Gasteiger partial charge in [-0.25, -0.2) is 0 Å². The SMILES string of the molecule is CCN(C(=O)COc1ccccc1CO)C1CCCCC1. The second kappa shape index (κ2) is 8.03. The normalized spacial score (nSPS) is 15.7. The Morgan fingerprint density at radius 3 is 2.67 bits per heavy atom. The maximum atomic E-state index is 12.4. The molecule has 21 heavy (non-hydrogen) atoms. The van der Waals surface area contributed by atoms with Gasteiger partial charge in [0, 0.05) is 18.2 Å². The molecular formula is C17H25NO3. The van der Waals surface area contributed by atoms with Crippen LogP contribution in [0.1, 0.15) is 44.6 Å². The number of carbonyl (C=O) groups is 1. The molecule has 1 amide bonds. The number of hydrogen-bond acceptors (Lipinski definition) is 3. The van der Waals surface area contributed by atoms with Crippen molar-refractivity contribution in [3.63, 3.8) is 0 Å². The molecule has 1 aromatic carbocycles. The quantitative estimate of drug-likeness (QED) is 0.876. The fraction of sp³-hybridized carbons (Fsp3) is 0.588. The molecular weight excluding hydrogens is 266 g/mol. The van der Waals surface area contributed by atoms with Crippen LogP contribution in [0.15, 0.2) is 24.3 Å². The molecule has 0 atom stereocenters. The summed E-state index contributed by atoms with van der Waals surface area (Å²) in [6.45, 7) is 2.72. The molecule has 0 radical (unpaired) electrons. The molecule has 0 heterocycles. The molecule has 2 rings (SSSR count). The predicted octanol–water partition coefficient (Wildman–Crippen LogP) is 2.74. The first-order valence-electron chi connectivity index (χ1n) is 7.87. The molecule has 0 saturated heterocycles. The minimum atomic E-state index is -0.0789. The van der Waals surface area contributed by atoms with E-state index in [0.29, 0.717) is 17.4 Å². The topological polar surface area (TPSA) is 49.8 Å². The highest BCUT2D eigenvalue weighted by Gasteiger charge is 2.24. The van der Waals surface area contributed by atoms with E-state index in [0.717, 1.165) is 19.4 Å². The molecule has 0 spiro atoms. The number of hydrogen-bond donors (Lipinski definition) is 1. The fourth-order valence-electron chi connectivity index (χ4n) is 3.03. The van der Waals surface area contributed by atoms with Crippen LogP contribution in [0.25, 0.3) is 0 Å². The van der Waals surface area contributed by atoms with E-state index in [1.807, 2.05) is 24.0 Å². The lowest BCUT2D eigenvalue weighted by Gasteiger charge is -2.33. The van der Waals surface area contributed by atoms with Crippen LogP contribution in [0.5, 0.6) is 5.75 Å². The number of benzene rings is 1. The third kappa shape index (κ3) is 4.21. The van der Waals surface area contributed by atoms with Gasteiger partial charge in [0.05, 0.1) is 6.61 Å². The third-order valence-electron chi connectivity index (χ3n) is 4.17. The molecule has 1 fully saturated rings. The number of ether oxygens (including phenoxy) is 1. The number of amides is 1. The Labute approximate surface area is 126 Å². The number of rotatable bonds is 6. The van der Waals surface area contributed by atoms with Gasteiger partial charge in [0.25, 0.3) is 5.91 Å². The first kappa shape index (κ1) is 15.8. The number of nitrogens with zero attached hydrogens (tertiary/aromatic N) is 1. The van der Waals surface area contributed by atoms with Crippen LogP contribution in [-0.4, -0.2) is 35.1 Å². The van der Waals surface area contributed by atoms with E-state index < -0.39 is 0 Å². The van der Waals surface area contributed by atoms with Gasteiger partial charge in [0.15, 0.2) is 6.61 Å². The van der Waals surface area contributed by atoms with Gasteiger partial charge >= 0.3 is 0 Å². The maximum absolute atomic E-state index is 12.4. The van der Waals surface area contributed by atoms with Gasteiger partial charge in [0.2, 0.25) is 0 Å². The fourth-order valence-corrected chi connectivity index (χ4v) is 3.03. The molecule has 1 aliphatic rings. The van der Waals surface area contributed by atoms with Crippen LogP contribution < -0.4 is 4.74 Å². The number of aliphatic hydroxyl groups excluding tert-OH is 1. The summed E-state index contributed by atoms with van der Waals surface area (Å²) in [7, 11) is 0. The summed E-state index contributed by atoms with van der Waals surface area (Å²) in [5.74, 6) is 0.630. The first-order valence-corrected chi connectivity index (χ1v) is 7.87. The highest BCUT2D eigenvalue weighted by Crippen LogP contribution is 2.23. The van der Waals surface area contributed by atoms with E-state index >= 15 is 0 Å². The molecule has 0 unspecified atom stereocenters. The van der Waals surface area contributed by atoms with Gasteiger partial charge in [-0.15, -0.1) is 0 Å². The van der Waals surface area contributed by atoms with Crippen LogP contribution in [0.3, 0.4) is 0 Å². The van der Waals surface area contributed by atoms with E-state index in [-0.39, 0.29) is 19.1 Å². The minimum Gasteiger partial charge on any atom is -0.483 e. The van der Waals surface area contributed by atoms with E-state index in [1.165, 1.54) is 19.3 Å². The number of likely N-dealkylation sites (N-methyl/N-ethyl adjacent to an activating group) is 1. The zero-order chi connectivity index (χ0) is 15.1. The maximum Gasteiger partial charge on any atom is 0.260 e. The van der Waals surface area contributed by atoms with Gasteiger partial charge in [-0.1, -0.05) is 37.5 Å². The lowest BCUT2D eigenvalue weighted by Crippen LogP contribution is -2.43. The van der Waals surface area contributed by atoms with Crippen LogP contribution in [0.2, 0.25) is 0 Å². The number of aliphatic hydroxyl groups is 1. The average molecular weight is 291 g/mol. The van der Waals surface area contributed by atoms with Gasteiger partial charge in [-0.05, 0) is 25.8 Å². The monoisotopic (exact) mass is 291 g/mol. The zero-order valence-electron chi connectivity index (χ0n) is 12.8. The second-order valence-electron chi connectivity index (χ2n) is 5.53. The van der Waals surface area contributed by atoms with Crippen molar-refractivity contribution in [2.45, 2.75) is 51.7 Å². The van der Waals surface area contributed by atoms with Gasteiger partial charge in [-0.3, -0.25) is 4.79 Å². The second-order valence-corrected chi connectivity index (χ2v) is 5.53. The lowest BCUT2D eigenvalue weighted by atomic mass is 9.94. The summed E-state index contributed by atoms with van der Waals surface area (Å²) in [4.78, 5) is 14.3. The summed E-state index contributed by atoms with van der Waals surface area (Å²) in [6, 6.07) is 7.65. The van der Waals surface area contributed by atoms with Crippen molar-refractivity contribution < 1.29 is 14.6 Å². The summed E-state index contributed by atoms with van der Waals surface area (Å²) < 4.78 is 5.61. The van der Waals surface area contributed by atoms with Gasteiger partial charge in [0.1, 0.15) is 5.75 Å². The standard InChI is InChI=1S/C17H25NO3/c1-2-18(15-9-4-3-5-10-15)17(20)13-21-16-11-7-6-8-14(16)12-19/h6-8,11,15,19H,2-5,9-10,12-13H2,1H3. The van der Waals surface area contributed by atoms with E-state index in [4.69, 9.17) is 4.74 Å². The van der Waals surface area contributed by atoms with Gasteiger partial charge in [-0.2, -0.15) is 0 Å². The Balaban J connectivity index is 1.93. The van der Waals surface area contributed by atoms with Crippen molar-refractivity contribution in [1.82, 2.24) is 4.90 Å². The predicted molar refractivity (Wildman–Crippen MR) is 82.1 cm³/mol. The van der Waals surface area contributed by atoms with Crippen molar-refractivity contribution in [3.05, 3.63) is 29.8 Å². The average Bonchev–Trinajstić information content (AvgIpc) is 2.55. The van der Waals surface area contributed by atoms with Crippen molar-refractivity contribution in [2.75, 3.05) is 13.2 Å². The molecule has 0 aromatic heterocycles. The third-order valence-corrected chi connectivity index (χ3v) is 4.17. The molecule has 1 aliphatic carbocycles. The van der Waals surface area contributed by atoms with Crippen LogP contribution >= 0.6 is 0 Å². The molecule has 4 nitrogen and oxygen atoms in total. The molecule has 1 aromatic rings. The molecule has 1 saturated carbocycles. The minimum absolute atomic E-state index is 0.0390. The van der Waals surface area contributed by atoms with E-state index in [9.17, 15) is 9.90 Å². The Kier molecular flexibility index (Phi) is 6.05. The molecule has 0 aliphatic heterocycles. The highest BCUT2D eigenvalue weighted by molar-refractivity contribution is 5.78. The largest absolute Gasteiger partial charge is 0.483 e. The Bertz CT molecular complexity index is 455. The number of para-hydroxylation sites is 1. The van der Waals surface area contributed by atoms with Crippen molar-refractivity contribution in [3.8, 4) is 5.75 Å². The summed E-state index contributed by atoms with van der Waals surface area (Å²) in [5, 5.41) is 9.27. The van der Waals surface area contributed by atoms with Crippen LogP contribution in [0, 0.1) is 0 Å². The van der Waals surface area contributed by atoms with Crippen molar-refractivity contribution in [1.29, 1.82) is 0 Å². The number of carbonyl (C=O) groups excluding carboxylic acids is 1. The Morgan fingerprint density at radius 1 is 1.29 bits per heavy atom. The molecule has 116 valence electrons. The zero-order valence-corrected chi connectivity index (χ0v) is 12.8.